The minimum Gasteiger partial charge on any atom is -0.413 e. The zero-order valence-electron chi connectivity index (χ0n) is 13.7. The molecular weight excluding hydrogens is 252 g/mol. The van der Waals surface area contributed by atoms with Gasteiger partial charge in [0, 0.05) is 6.42 Å². The molecule has 0 spiro atoms. The van der Waals surface area contributed by atoms with Crippen LogP contribution in [0.1, 0.15) is 66.2 Å². The van der Waals surface area contributed by atoms with Gasteiger partial charge in [0.25, 0.3) is 0 Å². The van der Waals surface area contributed by atoms with Gasteiger partial charge < -0.3 is 4.43 Å². The van der Waals surface area contributed by atoms with Crippen LogP contribution in [0.25, 0.3) is 0 Å². The summed E-state index contributed by atoms with van der Waals surface area (Å²) >= 11 is 0. The summed E-state index contributed by atoms with van der Waals surface area (Å²) in [7, 11) is -1.77. The van der Waals surface area contributed by atoms with Gasteiger partial charge in [-0.25, -0.2) is 0 Å². The largest absolute Gasteiger partial charge is 0.413 e. The molecule has 19 heavy (non-hydrogen) atoms. The van der Waals surface area contributed by atoms with E-state index in [-0.39, 0.29) is 16.9 Å². The lowest BCUT2D eigenvalue weighted by molar-refractivity contribution is -0.119. The summed E-state index contributed by atoms with van der Waals surface area (Å²) in [4.78, 5) is 11.6. The van der Waals surface area contributed by atoms with Gasteiger partial charge in [-0.2, -0.15) is 0 Å². The predicted octanol–water partition coefficient (Wildman–Crippen LogP) is 4.94. The van der Waals surface area contributed by atoms with Gasteiger partial charge in [0.05, 0.1) is 6.10 Å². The van der Waals surface area contributed by atoms with Crippen LogP contribution in [0.5, 0.6) is 0 Å². The summed E-state index contributed by atoms with van der Waals surface area (Å²) in [6, 6.07) is 0. The lowest BCUT2D eigenvalue weighted by Crippen LogP contribution is -2.46. The first-order valence-corrected chi connectivity index (χ1v) is 10.7. The minimum absolute atomic E-state index is 0.165. The third-order valence-electron chi connectivity index (χ3n) is 4.92. The number of hydrogen-bond donors (Lipinski definition) is 0. The van der Waals surface area contributed by atoms with Crippen molar-refractivity contribution in [3.05, 3.63) is 0 Å². The Morgan fingerprint density at radius 1 is 1.21 bits per heavy atom. The van der Waals surface area contributed by atoms with Crippen LogP contribution in [-0.4, -0.2) is 20.2 Å². The van der Waals surface area contributed by atoms with Gasteiger partial charge in [0.1, 0.15) is 5.78 Å². The Kier molecular flexibility index (Phi) is 5.81. The topological polar surface area (TPSA) is 26.3 Å². The van der Waals surface area contributed by atoms with Crippen molar-refractivity contribution < 1.29 is 9.22 Å². The number of rotatable bonds is 5. The number of ketones is 1. The molecule has 0 aliphatic heterocycles. The van der Waals surface area contributed by atoms with Crippen LogP contribution in [0.2, 0.25) is 18.1 Å². The van der Waals surface area contributed by atoms with E-state index >= 15 is 0 Å². The summed E-state index contributed by atoms with van der Waals surface area (Å²) in [6.07, 6.45) is 7.22. The van der Waals surface area contributed by atoms with Crippen molar-refractivity contribution in [1.82, 2.24) is 0 Å². The molecule has 0 heterocycles. The average molecular weight is 285 g/mol. The number of carbonyl (C=O) groups excluding carboxylic acids is 1. The molecule has 0 N–H and O–H groups in total. The molecule has 1 atom stereocenters. The Labute approximate surface area is 120 Å². The Morgan fingerprint density at radius 3 is 2.16 bits per heavy atom. The molecule has 0 aromatic carbocycles. The Hall–Kier alpha value is -0.153. The molecule has 0 bridgehead atoms. The SMILES string of the molecule is CC(=O)CC(O[Si](C)(C)C(C)(C)C)C1CCCCC1. The molecule has 1 saturated carbocycles. The van der Waals surface area contributed by atoms with Crippen LogP contribution in [0.4, 0.5) is 0 Å². The predicted molar refractivity (Wildman–Crippen MR) is 83.9 cm³/mol. The molecule has 0 radical (unpaired) electrons. The minimum atomic E-state index is -1.77. The van der Waals surface area contributed by atoms with Crippen molar-refractivity contribution in [2.45, 2.75) is 90.5 Å². The van der Waals surface area contributed by atoms with E-state index in [0.29, 0.717) is 12.3 Å². The van der Waals surface area contributed by atoms with Gasteiger partial charge in [-0.15, -0.1) is 0 Å². The number of carbonyl (C=O) groups is 1. The molecule has 1 aliphatic carbocycles. The standard InChI is InChI=1S/C16H32O2Si/c1-13(17)12-15(14-10-8-7-9-11-14)18-19(5,6)16(2,3)4/h14-15H,7-12H2,1-6H3. The van der Waals surface area contributed by atoms with Crippen molar-refractivity contribution in [1.29, 1.82) is 0 Å². The van der Waals surface area contributed by atoms with Gasteiger partial charge in [0.15, 0.2) is 8.32 Å². The zero-order valence-corrected chi connectivity index (χ0v) is 14.7. The second kappa shape index (κ2) is 6.53. The molecular formula is C16H32O2Si. The first-order chi connectivity index (χ1) is 8.63. The third kappa shape index (κ3) is 5.03. The van der Waals surface area contributed by atoms with E-state index in [1.165, 1.54) is 32.1 Å². The third-order valence-corrected chi connectivity index (χ3v) is 9.42. The normalized spacial score (nSPS) is 20.3. The fourth-order valence-electron chi connectivity index (χ4n) is 2.65. The number of hydrogen-bond acceptors (Lipinski definition) is 2. The molecule has 1 unspecified atom stereocenters. The second-order valence-corrected chi connectivity index (χ2v) is 12.5. The second-order valence-electron chi connectivity index (χ2n) is 7.72. The highest BCUT2D eigenvalue weighted by Gasteiger charge is 2.41. The maximum atomic E-state index is 11.6. The summed E-state index contributed by atoms with van der Waals surface area (Å²) in [5.74, 6) is 0.876. The quantitative estimate of drug-likeness (QED) is 0.669. The van der Waals surface area contributed by atoms with Gasteiger partial charge in [-0.1, -0.05) is 40.0 Å². The van der Waals surface area contributed by atoms with E-state index in [1.807, 2.05) is 0 Å². The highest BCUT2D eigenvalue weighted by molar-refractivity contribution is 6.74. The smallest absolute Gasteiger partial charge is 0.192 e. The first-order valence-electron chi connectivity index (χ1n) is 7.81. The summed E-state index contributed by atoms with van der Waals surface area (Å²) in [5.41, 5.74) is 0. The van der Waals surface area contributed by atoms with Crippen molar-refractivity contribution >= 4 is 14.1 Å². The molecule has 0 saturated heterocycles. The lowest BCUT2D eigenvalue weighted by atomic mass is 9.84. The number of Topliss-reactive ketones (excluding diaryl/α,β-unsaturated/α-hetero) is 1. The maximum absolute atomic E-state index is 11.6. The first kappa shape index (κ1) is 16.9. The molecule has 112 valence electrons. The van der Waals surface area contributed by atoms with Crippen LogP contribution in [0.15, 0.2) is 0 Å². The molecule has 0 aromatic rings. The van der Waals surface area contributed by atoms with Crippen molar-refractivity contribution in [2.24, 2.45) is 5.92 Å². The van der Waals surface area contributed by atoms with Gasteiger partial charge in [-0.05, 0) is 43.8 Å². The molecule has 2 nitrogen and oxygen atoms in total. The molecule has 0 amide bonds. The van der Waals surface area contributed by atoms with Crippen LogP contribution in [-0.2, 0) is 9.22 Å². The molecule has 3 heteroatoms. The van der Waals surface area contributed by atoms with E-state index in [9.17, 15) is 4.79 Å². The Balaban J connectivity index is 2.76. The average Bonchev–Trinajstić information content (AvgIpc) is 2.27. The van der Waals surface area contributed by atoms with E-state index < -0.39 is 8.32 Å². The highest BCUT2D eigenvalue weighted by atomic mass is 28.4. The van der Waals surface area contributed by atoms with Gasteiger partial charge in [-0.3, -0.25) is 4.79 Å². The van der Waals surface area contributed by atoms with Crippen LogP contribution >= 0.6 is 0 Å². The summed E-state index contributed by atoms with van der Waals surface area (Å²) in [6.45, 7) is 13.1. The fourth-order valence-corrected chi connectivity index (χ4v) is 4.04. The van der Waals surface area contributed by atoms with Crippen LogP contribution in [0.3, 0.4) is 0 Å². The van der Waals surface area contributed by atoms with Crippen molar-refractivity contribution in [3.8, 4) is 0 Å². The summed E-state index contributed by atoms with van der Waals surface area (Å²) < 4.78 is 6.57. The monoisotopic (exact) mass is 284 g/mol. The lowest BCUT2D eigenvalue weighted by Gasteiger charge is -2.42. The molecule has 1 fully saturated rings. The van der Waals surface area contributed by atoms with E-state index in [1.54, 1.807) is 6.92 Å². The highest BCUT2D eigenvalue weighted by Crippen LogP contribution is 2.40. The zero-order chi connectivity index (χ0) is 14.7. The van der Waals surface area contributed by atoms with Crippen molar-refractivity contribution in [3.63, 3.8) is 0 Å². The Bertz CT molecular complexity index is 298. The molecule has 1 rings (SSSR count). The molecule has 0 aromatic heterocycles. The van der Waals surface area contributed by atoms with Crippen LogP contribution < -0.4 is 0 Å². The van der Waals surface area contributed by atoms with Crippen LogP contribution in [0, 0.1) is 5.92 Å². The fraction of sp³-hybridized carbons (Fsp3) is 0.938. The van der Waals surface area contributed by atoms with E-state index in [4.69, 9.17) is 4.43 Å². The van der Waals surface area contributed by atoms with Gasteiger partial charge in [0.2, 0.25) is 0 Å². The maximum Gasteiger partial charge on any atom is 0.192 e. The van der Waals surface area contributed by atoms with E-state index in [0.717, 1.165) is 0 Å². The molecule has 1 aliphatic rings. The summed E-state index contributed by atoms with van der Waals surface area (Å²) in [5, 5.41) is 0.219. The van der Waals surface area contributed by atoms with Gasteiger partial charge >= 0.3 is 0 Å². The van der Waals surface area contributed by atoms with Crippen molar-refractivity contribution in [2.75, 3.05) is 0 Å². The Morgan fingerprint density at radius 2 is 1.74 bits per heavy atom. The van der Waals surface area contributed by atoms with E-state index in [2.05, 4.69) is 33.9 Å².